The Balaban J connectivity index is 2.32. The normalized spacial score (nSPS) is 21.5. The van der Waals surface area contributed by atoms with Gasteiger partial charge in [0.15, 0.2) is 12.0 Å². The summed E-state index contributed by atoms with van der Waals surface area (Å²) in [7, 11) is 0. The van der Waals surface area contributed by atoms with Gasteiger partial charge in [0.05, 0.1) is 0 Å². The van der Waals surface area contributed by atoms with Crippen LogP contribution >= 0.6 is 11.3 Å². The molecule has 2 rings (SSSR count). The van der Waals surface area contributed by atoms with Gasteiger partial charge in [-0.25, -0.2) is 4.99 Å². The van der Waals surface area contributed by atoms with E-state index >= 15 is 0 Å². The van der Waals surface area contributed by atoms with Crippen LogP contribution in [0.4, 0.5) is 0 Å². The maximum atomic E-state index is 11.3. The first-order valence-corrected chi connectivity index (χ1v) is 4.69. The Morgan fingerprint density at radius 2 is 2.38 bits per heavy atom. The zero-order valence-corrected chi connectivity index (χ0v) is 7.89. The molecule has 1 aliphatic rings. The van der Waals surface area contributed by atoms with Crippen molar-refractivity contribution in [3.8, 4) is 0 Å². The van der Waals surface area contributed by atoms with Gasteiger partial charge in [0.1, 0.15) is 0 Å². The Hall–Kier alpha value is -1.36. The summed E-state index contributed by atoms with van der Waals surface area (Å²) in [5.74, 6) is 0.0698. The molecule has 3 N–H and O–H groups in total. The molecule has 2 heterocycles. The molecule has 1 aliphatic heterocycles. The second kappa shape index (κ2) is 2.85. The van der Waals surface area contributed by atoms with Crippen molar-refractivity contribution in [1.29, 1.82) is 0 Å². The van der Waals surface area contributed by atoms with Gasteiger partial charge >= 0.3 is 0 Å². The summed E-state index contributed by atoms with van der Waals surface area (Å²) < 4.78 is 0. The number of guanidine groups is 1. The van der Waals surface area contributed by atoms with Crippen LogP contribution in [-0.4, -0.2) is 11.9 Å². The van der Waals surface area contributed by atoms with E-state index in [1.54, 1.807) is 11.3 Å². The summed E-state index contributed by atoms with van der Waals surface area (Å²) in [5.41, 5.74) is 5.38. The Bertz CT molecular complexity index is 382. The lowest BCUT2D eigenvalue weighted by Crippen LogP contribution is -2.31. The number of carbonyl (C=O) groups excluding carboxylic acids is 1. The third-order valence-corrected chi connectivity index (χ3v) is 2.85. The van der Waals surface area contributed by atoms with Gasteiger partial charge < -0.3 is 5.73 Å². The maximum absolute atomic E-state index is 11.3. The van der Waals surface area contributed by atoms with Crippen LogP contribution in [0.5, 0.6) is 0 Å². The molecule has 0 saturated carbocycles. The average Bonchev–Trinajstić information content (AvgIpc) is 2.58. The van der Waals surface area contributed by atoms with Gasteiger partial charge in [-0.1, -0.05) is 0 Å². The van der Waals surface area contributed by atoms with E-state index in [0.717, 1.165) is 4.88 Å². The number of nitrogens with zero attached hydrogens (tertiary/aromatic N) is 1. The van der Waals surface area contributed by atoms with Crippen molar-refractivity contribution in [3.05, 3.63) is 21.9 Å². The molecule has 1 atom stereocenters. The molecule has 0 saturated heterocycles. The SMILES string of the molecule is Cc1ccc(C2N=C(N)NC2=O)s1. The first-order valence-electron chi connectivity index (χ1n) is 3.87. The van der Waals surface area contributed by atoms with E-state index < -0.39 is 6.04 Å². The van der Waals surface area contributed by atoms with Gasteiger partial charge in [0, 0.05) is 9.75 Å². The highest BCUT2D eigenvalue weighted by Gasteiger charge is 2.27. The summed E-state index contributed by atoms with van der Waals surface area (Å²) in [6.45, 7) is 1.99. The van der Waals surface area contributed by atoms with E-state index in [-0.39, 0.29) is 11.9 Å². The minimum Gasteiger partial charge on any atom is -0.370 e. The van der Waals surface area contributed by atoms with Crippen molar-refractivity contribution in [3.63, 3.8) is 0 Å². The monoisotopic (exact) mass is 195 g/mol. The molecule has 1 aromatic rings. The van der Waals surface area contributed by atoms with Crippen LogP contribution in [0.1, 0.15) is 15.8 Å². The third kappa shape index (κ3) is 1.42. The first kappa shape index (κ1) is 8.25. The predicted octanol–water partition coefficient (Wildman–Crippen LogP) is 0.542. The fourth-order valence-corrected chi connectivity index (χ4v) is 2.13. The van der Waals surface area contributed by atoms with Gasteiger partial charge in [-0.15, -0.1) is 11.3 Å². The first-order chi connectivity index (χ1) is 6.16. The topological polar surface area (TPSA) is 67.5 Å². The van der Waals surface area contributed by atoms with Crippen molar-refractivity contribution in [2.45, 2.75) is 13.0 Å². The number of hydrogen-bond acceptors (Lipinski definition) is 4. The van der Waals surface area contributed by atoms with E-state index in [9.17, 15) is 4.79 Å². The Labute approximate surface area is 79.5 Å². The molecule has 0 fully saturated rings. The quantitative estimate of drug-likeness (QED) is 0.686. The van der Waals surface area contributed by atoms with E-state index in [1.807, 2.05) is 19.1 Å². The maximum Gasteiger partial charge on any atom is 0.257 e. The fourth-order valence-electron chi connectivity index (χ4n) is 1.22. The number of hydrogen-bond donors (Lipinski definition) is 2. The van der Waals surface area contributed by atoms with Crippen LogP contribution in [0.3, 0.4) is 0 Å². The summed E-state index contributed by atoms with van der Waals surface area (Å²) in [4.78, 5) is 17.4. The summed E-state index contributed by atoms with van der Waals surface area (Å²) in [6.07, 6.45) is 0. The highest BCUT2D eigenvalue weighted by Crippen LogP contribution is 2.27. The van der Waals surface area contributed by atoms with Crippen LogP contribution in [0.15, 0.2) is 17.1 Å². The molecule has 4 nitrogen and oxygen atoms in total. The standard InChI is InChI=1S/C8H9N3OS/c1-4-2-3-5(13-4)6-7(12)11-8(9)10-6/h2-3,6H,1H3,(H3,9,10,11,12). The zero-order chi connectivity index (χ0) is 9.42. The number of carbonyl (C=O) groups is 1. The Morgan fingerprint density at radius 1 is 1.62 bits per heavy atom. The van der Waals surface area contributed by atoms with Crippen molar-refractivity contribution in [1.82, 2.24) is 5.32 Å². The van der Waals surface area contributed by atoms with Crippen LogP contribution in [0, 0.1) is 6.92 Å². The van der Waals surface area contributed by atoms with Crippen molar-refractivity contribution >= 4 is 23.2 Å². The second-order valence-electron chi connectivity index (χ2n) is 2.85. The van der Waals surface area contributed by atoms with Crippen LogP contribution in [0.25, 0.3) is 0 Å². The average molecular weight is 195 g/mol. The van der Waals surface area contributed by atoms with Gasteiger partial charge in [0.25, 0.3) is 5.91 Å². The number of aliphatic imine (C=N–C) groups is 1. The minimum absolute atomic E-state index is 0.139. The zero-order valence-electron chi connectivity index (χ0n) is 7.07. The number of rotatable bonds is 1. The molecule has 13 heavy (non-hydrogen) atoms. The number of nitrogens with two attached hydrogens (primary N) is 1. The van der Waals surface area contributed by atoms with Crippen molar-refractivity contribution < 1.29 is 4.79 Å². The molecule has 1 amide bonds. The van der Waals surface area contributed by atoms with Crippen LogP contribution < -0.4 is 11.1 Å². The molecule has 5 heteroatoms. The molecule has 0 radical (unpaired) electrons. The number of nitrogens with one attached hydrogen (secondary N) is 1. The van der Waals surface area contributed by atoms with Crippen LogP contribution in [0.2, 0.25) is 0 Å². The molecule has 68 valence electrons. The minimum atomic E-state index is -0.432. The highest BCUT2D eigenvalue weighted by atomic mass is 32.1. The number of thiophene rings is 1. The van der Waals surface area contributed by atoms with E-state index in [0.29, 0.717) is 0 Å². The molecule has 1 aromatic heterocycles. The van der Waals surface area contributed by atoms with Gasteiger partial charge in [-0.2, -0.15) is 0 Å². The van der Waals surface area contributed by atoms with Gasteiger partial charge in [-0.3, -0.25) is 10.1 Å². The van der Waals surface area contributed by atoms with E-state index in [2.05, 4.69) is 10.3 Å². The molecule has 0 bridgehead atoms. The lowest BCUT2D eigenvalue weighted by molar-refractivity contribution is -0.120. The largest absolute Gasteiger partial charge is 0.370 e. The molecular formula is C8H9N3OS. The Kier molecular flexibility index (Phi) is 1.81. The molecule has 0 spiro atoms. The van der Waals surface area contributed by atoms with Crippen LogP contribution in [-0.2, 0) is 4.79 Å². The number of aryl methyl sites for hydroxylation is 1. The lowest BCUT2D eigenvalue weighted by atomic mass is 10.2. The van der Waals surface area contributed by atoms with Crippen molar-refractivity contribution in [2.24, 2.45) is 10.7 Å². The smallest absolute Gasteiger partial charge is 0.257 e. The summed E-state index contributed by atoms with van der Waals surface area (Å²) in [5, 5.41) is 2.47. The summed E-state index contributed by atoms with van der Waals surface area (Å²) >= 11 is 1.57. The fraction of sp³-hybridized carbons (Fsp3) is 0.250. The Morgan fingerprint density at radius 3 is 2.85 bits per heavy atom. The second-order valence-corrected chi connectivity index (χ2v) is 4.17. The van der Waals surface area contributed by atoms with Crippen molar-refractivity contribution in [2.75, 3.05) is 0 Å². The summed E-state index contributed by atoms with van der Waals surface area (Å²) in [6, 6.07) is 3.45. The van der Waals surface area contributed by atoms with Gasteiger partial charge in [0.2, 0.25) is 0 Å². The molecule has 0 aromatic carbocycles. The lowest BCUT2D eigenvalue weighted by Gasteiger charge is -1.98. The highest BCUT2D eigenvalue weighted by molar-refractivity contribution is 7.12. The molecule has 0 aliphatic carbocycles. The third-order valence-electron chi connectivity index (χ3n) is 1.80. The van der Waals surface area contributed by atoms with E-state index in [1.165, 1.54) is 4.88 Å². The van der Waals surface area contributed by atoms with Gasteiger partial charge in [-0.05, 0) is 19.1 Å². The van der Waals surface area contributed by atoms with E-state index in [4.69, 9.17) is 5.73 Å². The molecular weight excluding hydrogens is 186 g/mol. The number of amides is 1. The molecule has 1 unspecified atom stereocenters. The predicted molar refractivity (Wildman–Crippen MR) is 51.6 cm³/mol.